The van der Waals surface area contributed by atoms with Gasteiger partial charge in [-0.1, -0.05) is 17.7 Å². The maximum atomic E-state index is 12.3. The minimum atomic E-state index is -3.76. The molecular weight excluding hydrogens is 312 g/mol. The van der Waals surface area contributed by atoms with Gasteiger partial charge in [-0.15, -0.1) is 0 Å². The summed E-state index contributed by atoms with van der Waals surface area (Å²) in [4.78, 5) is 11.0. The number of rotatable bonds is 4. The minimum absolute atomic E-state index is 0.0341. The first-order chi connectivity index (χ1) is 9.81. The van der Waals surface area contributed by atoms with E-state index in [-0.39, 0.29) is 10.5 Å². The van der Waals surface area contributed by atoms with Crippen LogP contribution in [0.1, 0.15) is 15.9 Å². The number of primary amides is 1. The zero-order valence-corrected chi connectivity index (χ0v) is 12.7. The molecule has 0 bridgehead atoms. The van der Waals surface area contributed by atoms with Gasteiger partial charge in [-0.3, -0.25) is 9.52 Å². The number of amides is 1. The highest BCUT2D eigenvalue weighted by atomic mass is 35.5. The van der Waals surface area contributed by atoms with Crippen molar-refractivity contribution >= 4 is 33.2 Å². The third-order valence-electron chi connectivity index (χ3n) is 2.96. The van der Waals surface area contributed by atoms with Crippen LogP contribution in [0.4, 0.5) is 5.69 Å². The molecule has 7 heteroatoms. The Bertz CT molecular complexity index is 786. The molecule has 0 saturated heterocycles. The molecule has 0 unspecified atom stereocenters. The van der Waals surface area contributed by atoms with E-state index in [1.807, 2.05) is 0 Å². The van der Waals surface area contributed by atoms with Crippen molar-refractivity contribution in [3.8, 4) is 0 Å². The van der Waals surface area contributed by atoms with Gasteiger partial charge in [0.1, 0.15) is 0 Å². The van der Waals surface area contributed by atoms with E-state index in [1.54, 1.807) is 25.1 Å². The molecule has 21 heavy (non-hydrogen) atoms. The summed E-state index contributed by atoms with van der Waals surface area (Å²) < 4.78 is 27.0. The third kappa shape index (κ3) is 3.34. The van der Waals surface area contributed by atoms with Crippen molar-refractivity contribution in [3.05, 3.63) is 58.6 Å². The second kappa shape index (κ2) is 5.75. The van der Waals surface area contributed by atoms with Crippen LogP contribution >= 0.6 is 11.6 Å². The first-order valence-corrected chi connectivity index (χ1v) is 7.85. The Morgan fingerprint density at radius 3 is 2.33 bits per heavy atom. The summed E-state index contributed by atoms with van der Waals surface area (Å²) in [5.41, 5.74) is 6.40. The van der Waals surface area contributed by atoms with E-state index in [0.717, 1.165) is 0 Å². The Kier molecular flexibility index (Phi) is 4.20. The predicted molar refractivity (Wildman–Crippen MR) is 82.0 cm³/mol. The Morgan fingerprint density at radius 1 is 1.14 bits per heavy atom. The SMILES string of the molecule is Cc1c(Cl)cccc1NS(=O)(=O)c1ccc(C(N)=O)cc1. The molecule has 0 saturated carbocycles. The van der Waals surface area contributed by atoms with E-state index in [0.29, 0.717) is 16.3 Å². The highest BCUT2D eigenvalue weighted by molar-refractivity contribution is 7.92. The van der Waals surface area contributed by atoms with Crippen LogP contribution < -0.4 is 10.5 Å². The number of hydrogen-bond donors (Lipinski definition) is 2. The second-order valence-electron chi connectivity index (χ2n) is 4.41. The molecule has 2 aromatic rings. The monoisotopic (exact) mass is 324 g/mol. The van der Waals surface area contributed by atoms with E-state index in [4.69, 9.17) is 17.3 Å². The maximum absolute atomic E-state index is 12.3. The number of benzene rings is 2. The highest BCUT2D eigenvalue weighted by Gasteiger charge is 2.16. The van der Waals surface area contributed by atoms with Crippen molar-refractivity contribution in [2.45, 2.75) is 11.8 Å². The van der Waals surface area contributed by atoms with Gasteiger partial charge in [-0.05, 0) is 48.9 Å². The average Bonchev–Trinajstić information content (AvgIpc) is 2.44. The number of hydrogen-bond acceptors (Lipinski definition) is 3. The Balaban J connectivity index is 2.34. The number of halogens is 1. The van der Waals surface area contributed by atoms with E-state index in [1.165, 1.54) is 24.3 Å². The molecule has 0 radical (unpaired) electrons. The lowest BCUT2D eigenvalue weighted by Gasteiger charge is -2.11. The van der Waals surface area contributed by atoms with Crippen LogP contribution in [0.25, 0.3) is 0 Å². The molecule has 2 aromatic carbocycles. The number of sulfonamides is 1. The molecule has 0 aliphatic rings. The number of anilines is 1. The van der Waals surface area contributed by atoms with Gasteiger partial charge in [0, 0.05) is 10.6 Å². The first-order valence-electron chi connectivity index (χ1n) is 5.99. The summed E-state index contributed by atoms with van der Waals surface area (Å²) in [5, 5.41) is 0.472. The summed E-state index contributed by atoms with van der Waals surface area (Å²) in [6.45, 7) is 1.72. The Hall–Kier alpha value is -2.05. The van der Waals surface area contributed by atoms with Crippen LogP contribution in [0.2, 0.25) is 5.02 Å². The zero-order chi connectivity index (χ0) is 15.6. The molecule has 0 fully saturated rings. The van der Waals surface area contributed by atoms with E-state index < -0.39 is 15.9 Å². The maximum Gasteiger partial charge on any atom is 0.261 e. The van der Waals surface area contributed by atoms with Crippen molar-refractivity contribution in [2.75, 3.05) is 4.72 Å². The van der Waals surface area contributed by atoms with E-state index in [9.17, 15) is 13.2 Å². The molecule has 0 aromatic heterocycles. The molecule has 110 valence electrons. The third-order valence-corrected chi connectivity index (χ3v) is 4.75. The molecule has 0 aliphatic heterocycles. The highest BCUT2D eigenvalue weighted by Crippen LogP contribution is 2.25. The fourth-order valence-corrected chi connectivity index (χ4v) is 3.02. The number of nitrogens with two attached hydrogens (primary N) is 1. The molecule has 0 atom stereocenters. The molecule has 0 heterocycles. The lowest BCUT2D eigenvalue weighted by molar-refractivity contribution is 0.1000. The standard InChI is InChI=1S/C14H13ClN2O3S/c1-9-12(15)3-2-4-13(9)17-21(19,20)11-7-5-10(6-8-11)14(16)18/h2-8,17H,1H3,(H2,16,18). The Labute approximate surface area is 127 Å². The van der Waals surface area contributed by atoms with Gasteiger partial charge in [0.05, 0.1) is 10.6 Å². The summed E-state index contributed by atoms with van der Waals surface area (Å²) in [6.07, 6.45) is 0. The summed E-state index contributed by atoms with van der Waals surface area (Å²) in [6, 6.07) is 10.3. The van der Waals surface area contributed by atoms with Crippen molar-refractivity contribution < 1.29 is 13.2 Å². The average molecular weight is 325 g/mol. The van der Waals surface area contributed by atoms with Crippen molar-refractivity contribution in [3.63, 3.8) is 0 Å². The molecule has 3 N–H and O–H groups in total. The first kappa shape index (κ1) is 15.3. The van der Waals surface area contributed by atoms with Crippen LogP contribution in [0.3, 0.4) is 0 Å². The van der Waals surface area contributed by atoms with Gasteiger partial charge in [-0.2, -0.15) is 0 Å². The summed E-state index contributed by atoms with van der Waals surface area (Å²) in [5.74, 6) is -0.613. The summed E-state index contributed by atoms with van der Waals surface area (Å²) >= 11 is 5.96. The van der Waals surface area contributed by atoms with Crippen molar-refractivity contribution in [2.24, 2.45) is 5.73 Å². The lowest BCUT2D eigenvalue weighted by atomic mass is 10.2. The van der Waals surface area contributed by atoms with Crippen LogP contribution in [0, 0.1) is 6.92 Å². The molecule has 5 nitrogen and oxygen atoms in total. The number of nitrogens with one attached hydrogen (secondary N) is 1. The quantitative estimate of drug-likeness (QED) is 0.905. The topological polar surface area (TPSA) is 89.3 Å². The smallest absolute Gasteiger partial charge is 0.261 e. The second-order valence-corrected chi connectivity index (χ2v) is 6.50. The van der Waals surface area contributed by atoms with Crippen LogP contribution in [0.5, 0.6) is 0 Å². The van der Waals surface area contributed by atoms with Crippen molar-refractivity contribution in [1.82, 2.24) is 0 Å². The lowest BCUT2D eigenvalue weighted by Crippen LogP contribution is -2.15. The van der Waals surface area contributed by atoms with Crippen molar-refractivity contribution in [1.29, 1.82) is 0 Å². The largest absolute Gasteiger partial charge is 0.366 e. The van der Waals surface area contributed by atoms with Crippen LogP contribution in [-0.2, 0) is 10.0 Å². The van der Waals surface area contributed by atoms with Crippen LogP contribution in [0.15, 0.2) is 47.4 Å². The predicted octanol–water partition coefficient (Wildman–Crippen LogP) is 2.55. The molecule has 0 spiro atoms. The zero-order valence-electron chi connectivity index (χ0n) is 11.1. The fraction of sp³-hybridized carbons (Fsp3) is 0.0714. The summed E-state index contributed by atoms with van der Waals surface area (Å²) in [7, 11) is -3.76. The van der Waals surface area contributed by atoms with E-state index >= 15 is 0 Å². The Morgan fingerprint density at radius 2 is 1.76 bits per heavy atom. The van der Waals surface area contributed by atoms with Crippen LogP contribution in [-0.4, -0.2) is 14.3 Å². The van der Waals surface area contributed by atoms with Gasteiger partial charge >= 0.3 is 0 Å². The van der Waals surface area contributed by atoms with Gasteiger partial charge < -0.3 is 5.73 Å². The molecule has 2 rings (SSSR count). The van der Waals surface area contributed by atoms with Gasteiger partial charge in [0.25, 0.3) is 10.0 Å². The van der Waals surface area contributed by atoms with Gasteiger partial charge in [0.2, 0.25) is 5.91 Å². The number of carbonyl (C=O) groups excluding carboxylic acids is 1. The minimum Gasteiger partial charge on any atom is -0.366 e. The molecule has 1 amide bonds. The van der Waals surface area contributed by atoms with Gasteiger partial charge in [-0.25, -0.2) is 8.42 Å². The van der Waals surface area contributed by atoms with E-state index in [2.05, 4.69) is 4.72 Å². The molecular formula is C14H13ClN2O3S. The van der Waals surface area contributed by atoms with Gasteiger partial charge in [0.15, 0.2) is 0 Å². The normalized spacial score (nSPS) is 11.1. The molecule has 0 aliphatic carbocycles. The number of carbonyl (C=O) groups is 1. The fourth-order valence-electron chi connectivity index (χ4n) is 1.72.